The first-order valence-corrected chi connectivity index (χ1v) is 2.85. The fourth-order valence-electron chi connectivity index (χ4n) is 0.647. The van der Waals surface area contributed by atoms with E-state index in [-0.39, 0.29) is 12.4 Å². The molecule has 0 unspecified atom stereocenters. The molecule has 11 heavy (non-hydrogen) atoms. The number of carbonyl (C=O) groups is 1. The van der Waals surface area contributed by atoms with Gasteiger partial charge in [-0.25, -0.2) is 0 Å². The summed E-state index contributed by atoms with van der Waals surface area (Å²) in [5, 5.41) is 0. The Hall–Kier alpha value is -1.22. The zero-order chi connectivity index (χ0) is 7.56. The average molecular weight is 173 g/mol. The molecule has 0 fully saturated rings. The van der Waals surface area contributed by atoms with Crippen molar-refractivity contribution < 1.29 is 4.79 Å². The summed E-state index contributed by atoms with van der Waals surface area (Å²) >= 11 is 0. The monoisotopic (exact) mass is 172 g/mol. The van der Waals surface area contributed by atoms with Crippen molar-refractivity contribution in [3.05, 3.63) is 29.8 Å². The van der Waals surface area contributed by atoms with Crippen LogP contribution in [0.15, 0.2) is 24.3 Å². The molecular weight excluding hydrogens is 164 g/mol. The Morgan fingerprint density at radius 3 is 2.00 bits per heavy atom. The predicted octanol–water partition coefficient (Wildman–Crippen LogP) is 0.790. The Labute approximate surface area is 70.8 Å². The van der Waals surface area contributed by atoms with E-state index >= 15 is 0 Å². The maximum atomic E-state index is 10.5. The molecule has 4 heteroatoms. The number of carbonyl (C=O) groups excluding carboxylic acids is 1. The van der Waals surface area contributed by atoms with Gasteiger partial charge in [0.1, 0.15) is 0 Å². The molecule has 3 nitrogen and oxygen atoms in total. The van der Waals surface area contributed by atoms with Gasteiger partial charge in [0, 0.05) is 11.3 Å². The fourth-order valence-corrected chi connectivity index (χ4v) is 0.647. The number of hydrogen-bond acceptors (Lipinski definition) is 2. The van der Waals surface area contributed by atoms with Gasteiger partial charge in [-0.05, 0) is 24.3 Å². The van der Waals surface area contributed by atoms with Crippen LogP contribution in [0.25, 0.3) is 0 Å². The number of halogens is 1. The van der Waals surface area contributed by atoms with Crippen LogP contribution in [-0.2, 0) is 0 Å². The number of rotatable bonds is 1. The molecule has 0 aliphatic carbocycles. The van der Waals surface area contributed by atoms with E-state index in [4.69, 9.17) is 11.5 Å². The Morgan fingerprint density at radius 1 is 1.18 bits per heavy atom. The van der Waals surface area contributed by atoms with Crippen molar-refractivity contribution in [1.82, 2.24) is 0 Å². The molecule has 0 aliphatic rings. The van der Waals surface area contributed by atoms with E-state index in [0.717, 1.165) is 0 Å². The first kappa shape index (κ1) is 9.78. The van der Waals surface area contributed by atoms with Crippen molar-refractivity contribution in [2.24, 2.45) is 5.73 Å². The standard InChI is InChI=1S/C7H8N2O.ClH/c8-6-3-1-5(2-4-6)7(9)10;/h1-4H,8H2,(H2,9,10);1H. The van der Waals surface area contributed by atoms with Gasteiger partial charge < -0.3 is 11.5 Å². The van der Waals surface area contributed by atoms with E-state index < -0.39 is 5.91 Å². The average Bonchev–Trinajstić information content (AvgIpc) is 1.88. The number of nitrogens with two attached hydrogens (primary N) is 2. The highest BCUT2D eigenvalue weighted by Gasteiger charge is 1.96. The van der Waals surface area contributed by atoms with Crippen LogP contribution in [0, 0.1) is 0 Å². The Morgan fingerprint density at radius 2 is 1.64 bits per heavy atom. The minimum absolute atomic E-state index is 0. The van der Waals surface area contributed by atoms with E-state index in [9.17, 15) is 4.79 Å². The van der Waals surface area contributed by atoms with Crippen molar-refractivity contribution in [3.63, 3.8) is 0 Å². The smallest absolute Gasteiger partial charge is 0.248 e. The van der Waals surface area contributed by atoms with Crippen LogP contribution >= 0.6 is 12.4 Å². The lowest BCUT2D eigenvalue weighted by atomic mass is 10.2. The number of amides is 1. The molecule has 60 valence electrons. The van der Waals surface area contributed by atoms with Gasteiger partial charge in [-0.15, -0.1) is 12.4 Å². The summed E-state index contributed by atoms with van der Waals surface area (Å²) in [5.74, 6) is -0.431. The number of benzene rings is 1. The molecule has 1 rings (SSSR count). The summed E-state index contributed by atoms with van der Waals surface area (Å²) in [5.41, 5.74) is 11.5. The van der Waals surface area contributed by atoms with Crippen LogP contribution in [-0.4, -0.2) is 5.91 Å². The van der Waals surface area contributed by atoms with Crippen molar-refractivity contribution in [2.45, 2.75) is 0 Å². The maximum absolute atomic E-state index is 10.5. The quantitative estimate of drug-likeness (QED) is 0.615. The number of nitrogen functional groups attached to an aromatic ring is 1. The zero-order valence-electron chi connectivity index (χ0n) is 5.78. The molecule has 0 bridgehead atoms. The number of anilines is 1. The van der Waals surface area contributed by atoms with Gasteiger partial charge >= 0.3 is 0 Å². The molecule has 0 spiro atoms. The molecule has 1 amide bonds. The third kappa shape index (κ3) is 2.47. The summed E-state index contributed by atoms with van der Waals surface area (Å²) in [6, 6.07) is 6.47. The topological polar surface area (TPSA) is 69.1 Å². The lowest BCUT2D eigenvalue weighted by molar-refractivity contribution is 0.100. The summed E-state index contributed by atoms with van der Waals surface area (Å²) in [6.07, 6.45) is 0. The van der Waals surface area contributed by atoms with Gasteiger partial charge in [0.15, 0.2) is 0 Å². The molecule has 0 saturated carbocycles. The summed E-state index contributed by atoms with van der Waals surface area (Å²) < 4.78 is 0. The second-order valence-corrected chi connectivity index (χ2v) is 1.99. The highest BCUT2D eigenvalue weighted by atomic mass is 35.5. The van der Waals surface area contributed by atoms with Crippen LogP contribution in [0.5, 0.6) is 0 Å². The maximum Gasteiger partial charge on any atom is 0.248 e. The van der Waals surface area contributed by atoms with Crippen molar-refractivity contribution in [3.8, 4) is 0 Å². The SMILES string of the molecule is Cl.NC(=O)c1ccc(N)cc1. The summed E-state index contributed by atoms with van der Waals surface area (Å²) in [4.78, 5) is 10.5. The van der Waals surface area contributed by atoms with Crippen LogP contribution in [0.2, 0.25) is 0 Å². The van der Waals surface area contributed by atoms with Crippen LogP contribution < -0.4 is 11.5 Å². The molecule has 0 atom stereocenters. The second kappa shape index (κ2) is 3.83. The van der Waals surface area contributed by atoms with Crippen LogP contribution in [0.1, 0.15) is 10.4 Å². The van der Waals surface area contributed by atoms with Gasteiger partial charge in [0.05, 0.1) is 0 Å². The number of hydrogen-bond donors (Lipinski definition) is 2. The Kier molecular flexibility index (Phi) is 3.40. The summed E-state index contributed by atoms with van der Waals surface area (Å²) in [7, 11) is 0. The van der Waals surface area contributed by atoms with Crippen molar-refractivity contribution in [1.29, 1.82) is 0 Å². The van der Waals surface area contributed by atoms with Gasteiger partial charge in [-0.2, -0.15) is 0 Å². The molecule has 0 saturated heterocycles. The van der Waals surface area contributed by atoms with Gasteiger partial charge in [-0.3, -0.25) is 4.79 Å². The normalized spacial score (nSPS) is 8.36. The van der Waals surface area contributed by atoms with Gasteiger partial charge in [0.25, 0.3) is 0 Å². The third-order valence-electron chi connectivity index (χ3n) is 1.20. The lowest BCUT2D eigenvalue weighted by Gasteiger charge is -1.93. The highest BCUT2D eigenvalue weighted by molar-refractivity contribution is 5.92. The van der Waals surface area contributed by atoms with E-state index in [2.05, 4.69) is 0 Å². The lowest BCUT2D eigenvalue weighted by Crippen LogP contribution is -2.10. The largest absolute Gasteiger partial charge is 0.399 e. The molecule has 0 heterocycles. The minimum atomic E-state index is -0.431. The van der Waals surface area contributed by atoms with Gasteiger partial charge in [-0.1, -0.05) is 0 Å². The molecule has 0 aliphatic heterocycles. The van der Waals surface area contributed by atoms with E-state index in [0.29, 0.717) is 11.3 Å². The van der Waals surface area contributed by atoms with Crippen LogP contribution in [0.4, 0.5) is 5.69 Å². The van der Waals surface area contributed by atoms with Crippen molar-refractivity contribution in [2.75, 3.05) is 5.73 Å². The minimum Gasteiger partial charge on any atom is -0.399 e. The van der Waals surface area contributed by atoms with Gasteiger partial charge in [0.2, 0.25) is 5.91 Å². The first-order chi connectivity index (χ1) is 4.70. The summed E-state index contributed by atoms with van der Waals surface area (Å²) in [6.45, 7) is 0. The molecule has 1 aromatic rings. The third-order valence-corrected chi connectivity index (χ3v) is 1.20. The van der Waals surface area contributed by atoms with E-state index in [1.807, 2.05) is 0 Å². The van der Waals surface area contributed by atoms with E-state index in [1.165, 1.54) is 0 Å². The highest BCUT2D eigenvalue weighted by Crippen LogP contribution is 2.03. The molecular formula is C7H9ClN2O. The predicted molar refractivity (Wildman–Crippen MR) is 46.6 cm³/mol. The Bertz CT molecular complexity index is 245. The Balaban J connectivity index is 0.000001000. The molecule has 4 N–H and O–H groups in total. The zero-order valence-corrected chi connectivity index (χ0v) is 6.60. The van der Waals surface area contributed by atoms with Crippen molar-refractivity contribution >= 4 is 24.0 Å². The second-order valence-electron chi connectivity index (χ2n) is 1.99. The molecule has 1 aromatic carbocycles. The first-order valence-electron chi connectivity index (χ1n) is 2.85. The fraction of sp³-hybridized carbons (Fsp3) is 0. The molecule has 0 radical (unpaired) electrons. The number of primary amides is 1. The van der Waals surface area contributed by atoms with Crippen LogP contribution in [0.3, 0.4) is 0 Å². The van der Waals surface area contributed by atoms with E-state index in [1.54, 1.807) is 24.3 Å². The molecule has 0 aromatic heterocycles.